The lowest BCUT2D eigenvalue weighted by molar-refractivity contribution is 0.674. The summed E-state index contributed by atoms with van der Waals surface area (Å²) in [5.74, 6) is 0.921. The Kier molecular flexibility index (Phi) is 5.96. The lowest BCUT2D eigenvalue weighted by atomic mass is 10.2. The molecule has 0 atom stereocenters. The zero-order valence-corrected chi connectivity index (χ0v) is 13.3. The number of hydrogen-bond donors (Lipinski definition) is 1. The summed E-state index contributed by atoms with van der Waals surface area (Å²) in [6.07, 6.45) is 6.44. The molecule has 2 rings (SSSR count). The quantitative estimate of drug-likeness (QED) is 0.797. The van der Waals surface area contributed by atoms with Gasteiger partial charge in [-0.15, -0.1) is 0 Å². The molecule has 0 unspecified atom stereocenters. The second-order valence-electron chi connectivity index (χ2n) is 5.02. The van der Waals surface area contributed by atoms with Crippen LogP contribution >= 0.6 is 11.6 Å². The van der Waals surface area contributed by atoms with Crippen LogP contribution in [0.15, 0.2) is 36.8 Å². The Morgan fingerprint density at radius 2 is 2.05 bits per heavy atom. The zero-order chi connectivity index (χ0) is 15.1. The third kappa shape index (κ3) is 4.69. The molecule has 0 spiro atoms. The van der Waals surface area contributed by atoms with Gasteiger partial charge in [-0.05, 0) is 42.3 Å². The fourth-order valence-electron chi connectivity index (χ4n) is 2.05. The third-order valence-electron chi connectivity index (χ3n) is 3.22. The van der Waals surface area contributed by atoms with E-state index in [1.165, 1.54) is 5.56 Å². The van der Waals surface area contributed by atoms with Gasteiger partial charge in [0.1, 0.15) is 5.82 Å². The molecule has 0 saturated carbocycles. The summed E-state index contributed by atoms with van der Waals surface area (Å²) in [6.45, 7) is 4.69. The Morgan fingerprint density at radius 3 is 2.76 bits per heavy atom. The maximum Gasteiger partial charge on any atom is 0.128 e. The van der Waals surface area contributed by atoms with Crippen molar-refractivity contribution in [3.8, 4) is 0 Å². The van der Waals surface area contributed by atoms with Crippen LogP contribution in [0.25, 0.3) is 0 Å². The summed E-state index contributed by atoms with van der Waals surface area (Å²) in [5, 5.41) is 4.08. The van der Waals surface area contributed by atoms with Gasteiger partial charge in [-0.25, -0.2) is 4.98 Å². The van der Waals surface area contributed by atoms with E-state index in [0.29, 0.717) is 5.02 Å². The Balaban J connectivity index is 2.06. The number of hydrogen-bond acceptors (Lipinski definition) is 4. The summed E-state index contributed by atoms with van der Waals surface area (Å²) in [6, 6.07) is 6.07. The van der Waals surface area contributed by atoms with E-state index < -0.39 is 0 Å². The molecule has 0 fully saturated rings. The average Bonchev–Trinajstić information content (AvgIpc) is 2.50. The SMILES string of the molecule is CCCNCc1cc(N(C)Cc2ccncc2)ncc1Cl. The fraction of sp³-hybridized carbons (Fsp3) is 0.375. The highest BCUT2D eigenvalue weighted by Crippen LogP contribution is 2.20. The first-order valence-corrected chi connectivity index (χ1v) is 7.53. The number of rotatable bonds is 7. The second-order valence-corrected chi connectivity index (χ2v) is 5.43. The van der Waals surface area contributed by atoms with E-state index in [1.807, 2.05) is 25.2 Å². The first kappa shape index (κ1) is 15.7. The first-order valence-electron chi connectivity index (χ1n) is 7.16. The highest BCUT2D eigenvalue weighted by Gasteiger charge is 2.07. The normalized spacial score (nSPS) is 10.6. The average molecular weight is 305 g/mol. The van der Waals surface area contributed by atoms with Crippen LogP contribution in [0.1, 0.15) is 24.5 Å². The van der Waals surface area contributed by atoms with Crippen LogP contribution in [0.4, 0.5) is 5.82 Å². The van der Waals surface area contributed by atoms with Crippen molar-refractivity contribution in [2.24, 2.45) is 0 Å². The Bertz CT molecular complexity index is 559. The fourth-order valence-corrected chi connectivity index (χ4v) is 2.23. The molecule has 2 heterocycles. The smallest absolute Gasteiger partial charge is 0.128 e. The largest absolute Gasteiger partial charge is 0.355 e. The summed E-state index contributed by atoms with van der Waals surface area (Å²) in [7, 11) is 2.03. The van der Waals surface area contributed by atoms with Gasteiger partial charge in [-0.3, -0.25) is 4.98 Å². The number of anilines is 1. The van der Waals surface area contributed by atoms with Gasteiger partial charge < -0.3 is 10.2 Å². The van der Waals surface area contributed by atoms with Crippen molar-refractivity contribution in [2.45, 2.75) is 26.4 Å². The van der Waals surface area contributed by atoms with Crippen LogP contribution in [-0.2, 0) is 13.1 Å². The van der Waals surface area contributed by atoms with Crippen LogP contribution in [-0.4, -0.2) is 23.6 Å². The molecule has 0 aliphatic heterocycles. The van der Waals surface area contributed by atoms with Crippen molar-refractivity contribution < 1.29 is 0 Å². The molecule has 1 N–H and O–H groups in total. The van der Waals surface area contributed by atoms with E-state index in [9.17, 15) is 0 Å². The van der Waals surface area contributed by atoms with E-state index >= 15 is 0 Å². The van der Waals surface area contributed by atoms with Gasteiger partial charge in [0.25, 0.3) is 0 Å². The van der Waals surface area contributed by atoms with Gasteiger partial charge in [0, 0.05) is 38.7 Å². The zero-order valence-electron chi connectivity index (χ0n) is 12.5. The minimum Gasteiger partial charge on any atom is -0.355 e. The standard InChI is InChI=1S/C16H21ClN4/c1-3-6-19-10-14-9-16(20-11-15(14)17)21(2)12-13-4-7-18-8-5-13/h4-5,7-9,11,19H,3,6,10,12H2,1-2H3. The minimum atomic E-state index is 0.708. The van der Waals surface area contributed by atoms with Gasteiger partial charge in [-0.2, -0.15) is 0 Å². The molecule has 0 aliphatic carbocycles. The molecule has 5 heteroatoms. The molecule has 2 aromatic heterocycles. The van der Waals surface area contributed by atoms with Crippen molar-refractivity contribution in [1.82, 2.24) is 15.3 Å². The van der Waals surface area contributed by atoms with E-state index in [4.69, 9.17) is 11.6 Å². The predicted octanol–water partition coefficient (Wildman–Crippen LogP) is 3.27. The highest BCUT2D eigenvalue weighted by molar-refractivity contribution is 6.31. The maximum atomic E-state index is 6.21. The molecular weight excluding hydrogens is 284 g/mol. The lowest BCUT2D eigenvalue weighted by Gasteiger charge is -2.19. The summed E-state index contributed by atoms with van der Waals surface area (Å²) < 4.78 is 0. The van der Waals surface area contributed by atoms with Crippen LogP contribution in [0.3, 0.4) is 0 Å². The summed E-state index contributed by atoms with van der Waals surface area (Å²) in [4.78, 5) is 10.6. The van der Waals surface area contributed by atoms with Gasteiger partial charge in [-0.1, -0.05) is 18.5 Å². The van der Waals surface area contributed by atoms with E-state index in [0.717, 1.165) is 37.4 Å². The highest BCUT2D eigenvalue weighted by atomic mass is 35.5. The number of halogens is 1. The molecule has 2 aromatic rings. The van der Waals surface area contributed by atoms with Crippen LogP contribution in [0.2, 0.25) is 5.02 Å². The minimum absolute atomic E-state index is 0.708. The van der Waals surface area contributed by atoms with Gasteiger partial charge in [0.05, 0.1) is 5.02 Å². The monoisotopic (exact) mass is 304 g/mol. The van der Waals surface area contributed by atoms with E-state index in [-0.39, 0.29) is 0 Å². The number of nitrogens with one attached hydrogen (secondary N) is 1. The Labute approximate surface area is 131 Å². The summed E-state index contributed by atoms with van der Waals surface area (Å²) in [5.41, 5.74) is 2.28. The lowest BCUT2D eigenvalue weighted by Crippen LogP contribution is -2.19. The number of aromatic nitrogens is 2. The molecular formula is C16H21ClN4. The molecule has 0 bridgehead atoms. The van der Waals surface area contributed by atoms with Crippen molar-refractivity contribution in [1.29, 1.82) is 0 Å². The van der Waals surface area contributed by atoms with Crippen LogP contribution in [0, 0.1) is 0 Å². The maximum absolute atomic E-state index is 6.21. The number of nitrogens with zero attached hydrogens (tertiary/aromatic N) is 3. The second kappa shape index (κ2) is 7.96. The van der Waals surface area contributed by atoms with Crippen LogP contribution < -0.4 is 10.2 Å². The molecule has 0 radical (unpaired) electrons. The predicted molar refractivity (Wildman–Crippen MR) is 87.6 cm³/mol. The summed E-state index contributed by atoms with van der Waals surface area (Å²) >= 11 is 6.21. The topological polar surface area (TPSA) is 41.0 Å². The van der Waals surface area contributed by atoms with Crippen molar-refractivity contribution in [2.75, 3.05) is 18.5 Å². The number of pyridine rings is 2. The third-order valence-corrected chi connectivity index (χ3v) is 3.56. The van der Waals surface area contributed by atoms with Crippen molar-refractivity contribution >= 4 is 17.4 Å². The van der Waals surface area contributed by atoms with Crippen molar-refractivity contribution in [3.05, 3.63) is 52.9 Å². The van der Waals surface area contributed by atoms with E-state index in [2.05, 4.69) is 27.1 Å². The Morgan fingerprint density at radius 1 is 1.29 bits per heavy atom. The first-order chi connectivity index (χ1) is 10.2. The van der Waals surface area contributed by atoms with Gasteiger partial charge >= 0.3 is 0 Å². The van der Waals surface area contributed by atoms with Crippen molar-refractivity contribution in [3.63, 3.8) is 0 Å². The molecule has 0 aliphatic rings. The van der Waals surface area contributed by atoms with Gasteiger partial charge in [0.2, 0.25) is 0 Å². The van der Waals surface area contributed by atoms with Gasteiger partial charge in [0.15, 0.2) is 0 Å². The molecule has 0 aromatic carbocycles. The molecule has 112 valence electrons. The van der Waals surface area contributed by atoms with Crippen LogP contribution in [0.5, 0.6) is 0 Å². The molecule has 21 heavy (non-hydrogen) atoms. The molecule has 0 saturated heterocycles. The molecule has 0 amide bonds. The van der Waals surface area contributed by atoms with E-state index in [1.54, 1.807) is 18.6 Å². The Hall–Kier alpha value is -1.65. The molecule has 4 nitrogen and oxygen atoms in total.